The largest absolute Gasteiger partial charge is 0.504 e. The third kappa shape index (κ3) is 3.59. The van der Waals surface area contributed by atoms with Crippen LogP contribution in [0.25, 0.3) is 11.3 Å². The van der Waals surface area contributed by atoms with Crippen LogP contribution in [0.5, 0.6) is 11.5 Å². The molecule has 0 saturated heterocycles. The second-order valence-electron chi connectivity index (χ2n) is 5.54. The molecule has 1 aromatic heterocycles. The first-order chi connectivity index (χ1) is 12.0. The van der Waals surface area contributed by atoms with E-state index in [9.17, 15) is 15.1 Å². The summed E-state index contributed by atoms with van der Waals surface area (Å²) in [6.45, 7) is 2.11. The Morgan fingerprint density at radius 1 is 1.08 bits per heavy atom. The highest BCUT2D eigenvalue weighted by Gasteiger charge is 2.18. The second-order valence-corrected chi connectivity index (χ2v) is 5.95. The van der Waals surface area contributed by atoms with E-state index in [1.807, 2.05) is 31.2 Å². The van der Waals surface area contributed by atoms with Gasteiger partial charge >= 0.3 is 5.82 Å². The van der Waals surface area contributed by atoms with Gasteiger partial charge in [0.15, 0.2) is 24.2 Å². The molecule has 2 aromatic carbocycles. The molecule has 25 heavy (non-hydrogen) atoms. The van der Waals surface area contributed by atoms with Gasteiger partial charge in [-0.05, 0) is 28.3 Å². The predicted molar refractivity (Wildman–Crippen MR) is 94.0 cm³/mol. The molecule has 0 aliphatic heterocycles. The monoisotopic (exact) mass is 356 g/mol. The maximum absolute atomic E-state index is 12.3. The first-order valence-corrected chi connectivity index (χ1v) is 7.86. The number of phenolic OH excluding ortho intramolecular Hbond substituents is 2. The van der Waals surface area contributed by atoms with Gasteiger partial charge in [-0.1, -0.05) is 40.8 Å². The number of nitroso groups, excluding NO2 is 1. The molecule has 2 N–H and O–H groups in total. The second kappa shape index (κ2) is 6.86. The van der Waals surface area contributed by atoms with Crippen LogP contribution >= 0.6 is 11.6 Å². The Morgan fingerprint density at radius 2 is 1.80 bits per heavy atom. The van der Waals surface area contributed by atoms with E-state index in [1.165, 1.54) is 24.5 Å². The Labute approximate surface area is 149 Å². The first kappa shape index (κ1) is 16.9. The third-order valence-electron chi connectivity index (χ3n) is 3.81. The van der Waals surface area contributed by atoms with Gasteiger partial charge in [0.1, 0.15) is 11.9 Å². The standard InChI is InChI=1S/C18H14ClN3O3/c1-11-4-2-3-5-12(11)10-22(25)18-9-20-15(8-21-18)13-6-16(23)17(24)7-14(13)19/h2-9H,10H2,1H3,(H-,20,21,23,24,25)/p+1. The lowest BCUT2D eigenvalue weighted by atomic mass is 10.1. The Morgan fingerprint density at radius 3 is 2.48 bits per heavy atom. The SMILES string of the molecule is Cc1ccccc1C[N+](=O)c1cnc(-c2cc(O)c(O)cc2Cl)cn1. The maximum Gasteiger partial charge on any atom is 0.379 e. The van der Waals surface area contributed by atoms with Gasteiger partial charge in [0.25, 0.3) is 0 Å². The zero-order chi connectivity index (χ0) is 18.0. The number of aryl methyl sites for hydroxylation is 1. The van der Waals surface area contributed by atoms with Crippen molar-refractivity contribution in [1.82, 2.24) is 9.97 Å². The quantitative estimate of drug-likeness (QED) is 0.542. The molecule has 0 atom stereocenters. The number of nitrogens with zero attached hydrogens (tertiary/aromatic N) is 3. The summed E-state index contributed by atoms with van der Waals surface area (Å²) in [5, 5.41) is 19.3. The summed E-state index contributed by atoms with van der Waals surface area (Å²) >= 11 is 6.05. The smallest absolute Gasteiger partial charge is 0.379 e. The van der Waals surface area contributed by atoms with Crippen LogP contribution in [-0.2, 0) is 6.54 Å². The van der Waals surface area contributed by atoms with Crippen LogP contribution in [0.2, 0.25) is 5.02 Å². The molecule has 0 unspecified atom stereocenters. The van der Waals surface area contributed by atoms with Gasteiger partial charge in [-0.3, -0.25) is 0 Å². The third-order valence-corrected chi connectivity index (χ3v) is 4.12. The molecule has 3 rings (SSSR count). The van der Waals surface area contributed by atoms with E-state index in [2.05, 4.69) is 9.97 Å². The van der Waals surface area contributed by atoms with Gasteiger partial charge in [0.05, 0.1) is 5.02 Å². The zero-order valence-electron chi connectivity index (χ0n) is 13.3. The van der Waals surface area contributed by atoms with Crippen molar-refractivity contribution in [3.8, 4) is 22.8 Å². The highest BCUT2D eigenvalue weighted by molar-refractivity contribution is 6.33. The molecule has 0 amide bonds. The van der Waals surface area contributed by atoms with E-state index in [0.717, 1.165) is 15.9 Å². The van der Waals surface area contributed by atoms with Gasteiger partial charge in [0, 0.05) is 17.2 Å². The minimum absolute atomic E-state index is 0.168. The Hall–Kier alpha value is -2.99. The molecule has 0 aliphatic carbocycles. The minimum Gasteiger partial charge on any atom is -0.504 e. The van der Waals surface area contributed by atoms with E-state index < -0.39 is 0 Å². The minimum atomic E-state index is -0.317. The molecule has 0 saturated carbocycles. The van der Waals surface area contributed by atoms with Gasteiger partial charge in [-0.2, -0.15) is 0 Å². The van der Waals surface area contributed by atoms with Crippen LogP contribution in [0.1, 0.15) is 11.1 Å². The molecule has 0 fully saturated rings. The summed E-state index contributed by atoms with van der Waals surface area (Å²) in [5.74, 6) is -0.455. The van der Waals surface area contributed by atoms with Crippen LogP contribution in [0, 0.1) is 11.8 Å². The lowest BCUT2D eigenvalue weighted by Gasteiger charge is -2.05. The van der Waals surface area contributed by atoms with E-state index in [4.69, 9.17) is 11.6 Å². The van der Waals surface area contributed by atoms with Crippen LogP contribution in [0.15, 0.2) is 48.8 Å². The summed E-state index contributed by atoms with van der Waals surface area (Å²) in [4.78, 5) is 20.6. The number of halogens is 1. The topological polar surface area (TPSA) is 86.3 Å². The number of rotatable bonds is 4. The summed E-state index contributed by atoms with van der Waals surface area (Å²) in [7, 11) is 0. The highest BCUT2D eigenvalue weighted by Crippen LogP contribution is 2.36. The van der Waals surface area contributed by atoms with Crippen molar-refractivity contribution in [2.75, 3.05) is 0 Å². The van der Waals surface area contributed by atoms with E-state index in [1.54, 1.807) is 0 Å². The van der Waals surface area contributed by atoms with Gasteiger partial charge in [-0.15, -0.1) is 0 Å². The Balaban J connectivity index is 1.84. The fraction of sp³-hybridized carbons (Fsp3) is 0.111. The summed E-state index contributed by atoms with van der Waals surface area (Å²) in [5.41, 5.74) is 2.73. The average molecular weight is 357 g/mol. The Kier molecular flexibility index (Phi) is 4.63. The van der Waals surface area contributed by atoms with Crippen molar-refractivity contribution in [2.24, 2.45) is 0 Å². The molecule has 3 aromatic rings. The fourth-order valence-electron chi connectivity index (χ4n) is 2.36. The molecule has 126 valence electrons. The normalized spacial score (nSPS) is 10.6. The molecular weight excluding hydrogens is 342 g/mol. The lowest BCUT2D eigenvalue weighted by Crippen LogP contribution is -2.05. The maximum atomic E-state index is 12.3. The van der Waals surface area contributed by atoms with Crippen LogP contribution < -0.4 is 0 Å². The van der Waals surface area contributed by atoms with Gasteiger partial charge in [0.2, 0.25) is 0 Å². The van der Waals surface area contributed by atoms with Crippen molar-refractivity contribution in [3.05, 3.63) is 69.8 Å². The average Bonchev–Trinajstić information content (AvgIpc) is 2.60. The van der Waals surface area contributed by atoms with Gasteiger partial charge in [-0.25, -0.2) is 4.98 Å². The number of hydrogen-bond donors (Lipinski definition) is 2. The van der Waals surface area contributed by atoms with Crippen LogP contribution in [-0.4, -0.2) is 24.9 Å². The molecule has 6 nitrogen and oxygen atoms in total. The van der Waals surface area contributed by atoms with E-state index in [-0.39, 0.29) is 28.9 Å². The van der Waals surface area contributed by atoms with Crippen LogP contribution in [0.4, 0.5) is 5.82 Å². The number of aromatic hydroxyl groups is 2. The summed E-state index contributed by atoms with van der Waals surface area (Å²) in [6.07, 6.45) is 2.75. The highest BCUT2D eigenvalue weighted by atomic mass is 35.5. The number of phenols is 2. The van der Waals surface area contributed by atoms with Gasteiger partial charge < -0.3 is 10.2 Å². The van der Waals surface area contributed by atoms with Crippen molar-refractivity contribution < 1.29 is 15.0 Å². The fourth-order valence-corrected chi connectivity index (χ4v) is 2.61. The van der Waals surface area contributed by atoms with E-state index in [0.29, 0.717) is 11.3 Å². The summed E-state index contributed by atoms with van der Waals surface area (Å²) in [6, 6.07) is 10.1. The van der Waals surface area contributed by atoms with Crippen molar-refractivity contribution in [1.29, 1.82) is 0 Å². The molecule has 1 heterocycles. The molecular formula is C18H15ClN3O3+. The first-order valence-electron chi connectivity index (χ1n) is 7.49. The zero-order valence-corrected chi connectivity index (χ0v) is 14.1. The molecule has 0 spiro atoms. The Bertz CT molecular complexity index is 943. The van der Waals surface area contributed by atoms with Crippen LogP contribution in [0.3, 0.4) is 0 Å². The molecule has 7 heteroatoms. The van der Waals surface area contributed by atoms with Crippen molar-refractivity contribution in [3.63, 3.8) is 0 Å². The molecule has 0 bridgehead atoms. The number of benzene rings is 2. The van der Waals surface area contributed by atoms with Crippen molar-refractivity contribution in [2.45, 2.75) is 13.5 Å². The number of hydrogen-bond acceptors (Lipinski definition) is 5. The predicted octanol–water partition coefficient (Wildman–Crippen LogP) is 4.13. The lowest BCUT2D eigenvalue weighted by molar-refractivity contribution is -0.484. The molecule has 0 radical (unpaired) electrons. The summed E-state index contributed by atoms with van der Waals surface area (Å²) < 4.78 is 0.759. The van der Waals surface area contributed by atoms with E-state index >= 15 is 0 Å². The number of aromatic nitrogens is 2. The molecule has 0 aliphatic rings. The van der Waals surface area contributed by atoms with Crippen molar-refractivity contribution >= 4 is 17.4 Å².